The van der Waals surface area contributed by atoms with Crippen LogP contribution in [0.1, 0.15) is 5.56 Å². The van der Waals surface area contributed by atoms with Crippen LogP contribution in [0.3, 0.4) is 0 Å². The second-order valence-corrected chi connectivity index (χ2v) is 8.90. The molecule has 0 unspecified atom stereocenters. The third kappa shape index (κ3) is 5.74. The summed E-state index contributed by atoms with van der Waals surface area (Å²) in [5.74, 6) is -0.127. The molecule has 1 aromatic heterocycles. The molecule has 4 aromatic rings. The number of carbonyl (C=O) groups excluding carboxylic acids is 1. The van der Waals surface area contributed by atoms with Gasteiger partial charge in [-0.3, -0.25) is 4.79 Å². The molecule has 1 amide bonds. The van der Waals surface area contributed by atoms with E-state index in [4.69, 9.17) is 28.2 Å². The highest BCUT2D eigenvalue weighted by Crippen LogP contribution is 2.34. The molecule has 4 nitrogen and oxygen atoms in total. The zero-order chi connectivity index (χ0) is 23.2. The maximum Gasteiger partial charge on any atom is 0.234 e. The van der Waals surface area contributed by atoms with Crippen LogP contribution in [0.15, 0.2) is 90.0 Å². The summed E-state index contributed by atoms with van der Waals surface area (Å²) in [5, 5.41) is 14.4. The van der Waals surface area contributed by atoms with Gasteiger partial charge >= 0.3 is 0 Å². The number of amides is 1. The van der Waals surface area contributed by atoms with Crippen molar-refractivity contribution in [1.82, 2.24) is 4.98 Å². The maximum atomic E-state index is 12.5. The normalized spacial score (nSPS) is 10.5. The van der Waals surface area contributed by atoms with Crippen LogP contribution in [0.5, 0.6) is 0 Å². The third-order valence-corrected chi connectivity index (χ3v) is 6.23. The third-order valence-electron chi connectivity index (χ3n) is 4.77. The highest BCUT2D eigenvalue weighted by atomic mass is 35.5. The summed E-state index contributed by atoms with van der Waals surface area (Å²) in [7, 11) is 0. The van der Waals surface area contributed by atoms with E-state index in [2.05, 4.69) is 11.4 Å². The number of hydrogen-bond acceptors (Lipinski definition) is 4. The van der Waals surface area contributed by atoms with Gasteiger partial charge in [0.05, 0.1) is 17.0 Å². The highest BCUT2D eigenvalue weighted by Gasteiger charge is 2.17. The molecule has 3 aromatic carbocycles. The monoisotopic (exact) mass is 489 g/mol. The molecule has 0 atom stereocenters. The van der Waals surface area contributed by atoms with Gasteiger partial charge in [0.15, 0.2) is 0 Å². The number of benzene rings is 3. The Bertz CT molecular complexity index is 1340. The number of nitrogens with zero attached hydrogens (tertiary/aromatic N) is 2. The number of thioether (sulfide) groups is 1. The lowest BCUT2D eigenvalue weighted by Gasteiger charge is -2.13. The average Bonchev–Trinajstić information content (AvgIpc) is 2.83. The summed E-state index contributed by atoms with van der Waals surface area (Å²) < 4.78 is 0. The van der Waals surface area contributed by atoms with E-state index in [1.807, 2.05) is 48.5 Å². The van der Waals surface area contributed by atoms with Crippen LogP contribution >= 0.6 is 35.0 Å². The highest BCUT2D eigenvalue weighted by molar-refractivity contribution is 8.00. The zero-order valence-electron chi connectivity index (χ0n) is 17.3. The first-order chi connectivity index (χ1) is 16.0. The summed E-state index contributed by atoms with van der Waals surface area (Å²) in [4.78, 5) is 17.3. The fourth-order valence-electron chi connectivity index (χ4n) is 3.25. The molecule has 4 rings (SSSR count). The van der Waals surface area contributed by atoms with Crippen LogP contribution in [0.25, 0.3) is 22.4 Å². The van der Waals surface area contributed by atoms with Gasteiger partial charge in [-0.2, -0.15) is 5.26 Å². The lowest BCUT2D eigenvalue weighted by Crippen LogP contribution is -2.14. The van der Waals surface area contributed by atoms with E-state index in [1.165, 1.54) is 11.8 Å². The molecular formula is C26H17Cl2N3OS. The van der Waals surface area contributed by atoms with E-state index in [0.717, 1.165) is 16.7 Å². The van der Waals surface area contributed by atoms with Crippen molar-refractivity contribution < 1.29 is 4.79 Å². The number of rotatable bonds is 6. The van der Waals surface area contributed by atoms with E-state index in [0.29, 0.717) is 32.0 Å². The smallest absolute Gasteiger partial charge is 0.234 e. The summed E-state index contributed by atoms with van der Waals surface area (Å²) in [6, 6.07) is 28.1. The van der Waals surface area contributed by atoms with Crippen molar-refractivity contribution in [3.8, 4) is 28.5 Å². The van der Waals surface area contributed by atoms with Crippen molar-refractivity contribution in [3.63, 3.8) is 0 Å². The molecule has 0 fully saturated rings. The molecular weight excluding hydrogens is 473 g/mol. The topological polar surface area (TPSA) is 65.8 Å². The standard InChI is InChI=1S/C26H17Cl2N3OS/c27-19-11-9-18(10-12-19)24-14-22(17-5-2-1-3-6-17)23(15-29)26(31-24)33-16-25(32)30-21-8-4-7-20(28)13-21/h1-14H,16H2,(H,30,32). The summed E-state index contributed by atoms with van der Waals surface area (Å²) in [6.45, 7) is 0. The predicted octanol–water partition coefficient (Wildman–Crippen LogP) is 7.32. The van der Waals surface area contributed by atoms with E-state index < -0.39 is 0 Å². The second-order valence-electron chi connectivity index (χ2n) is 7.07. The maximum absolute atomic E-state index is 12.5. The lowest BCUT2D eigenvalue weighted by molar-refractivity contribution is -0.113. The van der Waals surface area contributed by atoms with Crippen molar-refractivity contribution in [2.75, 3.05) is 11.1 Å². The van der Waals surface area contributed by atoms with Gasteiger partial charge in [0, 0.05) is 26.9 Å². The molecule has 0 radical (unpaired) electrons. The van der Waals surface area contributed by atoms with Crippen LogP contribution in [0.2, 0.25) is 10.0 Å². The van der Waals surface area contributed by atoms with E-state index in [-0.39, 0.29) is 11.7 Å². The van der Waals surface area contributed by atoms with Crippen molar-refractivity contribution in [3.05, 3.63) is 101 Å². The first-order valence-electron chi connectivity index (χ1n) is 9.98. The summed E-state index contributed by atoms with van der Waals surface area (Å²) >= 11 is 13.3. The Labute approximate surface area is 206 Å². The first-order valence-corrected chi connectivity index (χ1v) is 11.7. The molecule has 0 aliphatic rings. The van der Waals surface area contributed by atoms with Crippen molar-refractivity contribution in [2.45, 2.75) is 5.03 Å². The Kier molecular flexibility index (Phi) is 7.31. The fourth-order valence-corrected chi connectivity index (χ4v) is 4.36. The fraction of sp³-hybridized carbons (Fsp3) is 0.0385. The Morgan fingerprint density at radius 3 is 2.36 bits per heavy atom. The average molecular weight is 490 g/mol. The van der Waals surface area contributed by atoms with Gasteiger partial charge in [-0.15, -0.1) is 0 Å². The number of aromatic nitrogens is 1. The minimum absolute atomic E-state index is 0.0898. The molecule has 0 bridgehead atoms. The van der Waals surface area contributed by atoms with Crippen molar-refractivity contribution in [1.29, 1.82) is 5.26 Å². The van der Waals surface area contributed by atoms with Crippen LogP contribution in [0, 0.1) is 11.3 Å². The lowest BCUT2D eigenvalue weighted by atomic mass is 9.99. The second kappa shape index (κ2) is 10.5. The number of carbonyl (C=O) groups is 1. The van der Waals surface area contributed by atoms with Gasteiger partial charge in [0.1, 0.15) is 11.1 Å². The largest absolute Gasteiger partial charge is 0.325 e. The zero-order valence-corrected chi connectivity index (χ0v) is 19.6. The SMILES string of the molecule is N#Cc1c(-c2ccccc2)cc(-c2ccc(Cl)cc2)nc1SCC(=O)Nc1cccc(Cl)c1. The van der Waals surface area contributed by atoms with Gasteiger partial charge < -0.3 is 5.32 Å². The van der Waals surface area contributed by atoms with Gasteiger partial charge in [0.2, 0.25) is 5.91 Å². The first kappa shape index (κ1) is 22.9. The molecule has 7 heteroatoms. The van der Waals surface area contributed by atoms with E-state index >= 15 is 0 Å². The predicted molar refractivity (Wildman–Crippen MR) is 136 cm³/mol. The van der Waals surface area contributed by atoms with Crippen LogP contribution in [0.4, 0.5) is 5.69 Å². The Hall–Kier alpha value is -3.30. The molecule has 1 N–H and O–H groups in total. The number of hydrogen-bond donors (Lipinski definition) is 1. The molecule has 162 valence electrons. The quantitative estimate of drug-likeness (QED) is 0.288. The molecule has 0 aliphatic heterocycles. The van der Waals surface area contributed by atoms with Gasteiger partial charge in [0.25, 0.3) is 0 Å². The van der Waals surface area contributed by atoms with Crippen LogP contribution in [-0.4, -0.2) is 16.6 Å². The van der Waals surface area contributed by atoms with Gasteiger partial charge in [-0.25, -0.2) is 4.98 Å². The van der Waals surface area contributed by atoms with Gasteiger partial charge in [-0.1, -0.05) is 83.5 Å². The molecule has 0 saturated carbocycles. The number of pyridine rings is 1. The molecule has 0 saturated heterocycles. The minimum Gasteiger partial charge on any atom is -0.325 e. The number of nitriles is 1. The van der Waals surface area contributed by atoms with Crippen molar-refractivity contribution >= 4 is 46.6 Å². The number of nitrogens with one attached hydrogen (secondary N) is 1. The van der Waals surface area contributed by atoms with Crippen LogP contribution < -0.4 is 5.32 Å². The number of anilines is 1. The van der Waals surface area contributed by atoms with E-state index in [1.54, 1.807) is 36.4 Å². The Morgan fingerprint density at radius 1 is 0.909 bits per heavy atom. The molecule has 33 heavy (non-hydrogen) atoms. The molecule has 1 heterocycles. The summed E-state index contributed by atoms with van der Waals surface area (Å²) in [6.07, 6.45) is 0. The molecule has 0 aliphatic carbocycles. The Balaban J connectivity index is 1.68. The molecule has 0 spiro atoms. The van der Waals surface area contributed by atoms with Crippen LogP contribution in [-0.2, 0) is 4.79 Å². The Morgan fingerprint density at radius 2 is 1.67 bits per heavy atom. The van der Waals surface area contributed by atoms with Crippen molar-refractivity contribution in [2.24, 2.45) is 0 Å². The minimum atomic E-state index is -0.217. The van der Waals surface area contributed by atoms with Gasteiger partial charge in [-0.05, 0) is 42.0 Å². The number of halogens is 2. The van der Waals surface area contributed by atoms with E-state index in [9.17, 15) is 10.1 Å². The summed E-state index contributed by atoms with van der Waals surface area (Å²) in [5.41, 5.74) is 4.27.